The zero-order valence-electron chi connectivity index (χ0n) is 14.1. The Labute approximate surface area is 143 Å². The molecule has 0 saturated heterocycles. The zero-order chi connectivity index (χ0) is 17.9. The van der Waals surface area contributed by atoms with Crippen LogP contribution in [-0.4, -0.2) is 36.1 Å². The summed E-state index contributed by atoms with van der Waals surface area (Å²) in [5, 5.41) is 11.6. The molecular weight excluding hydrogens is 326 g/mol. The highest BCUT2D eigenvalue weighted by molar-refractivity contribution is 7.88. The van der Waals surface area contributed by atoms with Crippen molar-refractivity contribution in [1.82, 2.24) is 4.31 Å². The molecule has 1 atom stereocenters. The first kappa shape index (κ1) is 18.4. The highest BCUT2D eigenvalue weighted by Crippen LogP contribution is 2.21. The Bertz CT molecular complexity index is 830. The number of sulfonamides is 1. The fourth-order valence-electron chi connectivity index (χ4n) is 2.76. The van der Waals surface area contributed by atoms with Gasteiger partial charge in [0, 0.05) is 6.54 Å². The van der Waals surface area contributed by atoms with Crippen LogP contribution >= 0.6 is 0 Å². The fraction of sp³-hybridized carbons (Fsp3) is 0.389. The van der Waals surface area contributed by atoms with E-state index in [4.69, 9.17) is 0 Å². The summed E-state index contributed by atoms with van der Waals surface area (Å²) in [6.07, 6.45) is 1.33. The second-order valence-corrected chi connectivity index (χ2v) is 8.41. The second kappa shape index (κ2) is 7.32. The van der Waals surface area contributed by atoms with Crippen LogP contribution in [0.15, 0.2) is 42.5 Å². The van der Waals surface area contributed by atoms with Crippen LogP contribution in [0.4, 0.5) is 0 Å². The van der Waals surface area contributed by atoms with Crippen molar-refractivity contribution < 1.29 is 18.3 Å². The summed E-state index contributed by atoms with van der Waals surface area (Å²) >= 11 is 0. The maximum Gasteiger partial charge on any atom is 0.322 e. The van der Waals surface area contributed by atoms with E-state index in [0.717, 1.165) is 26.9 Å². The average molecular weight is 349 g/mol. The first-order valence-corrected chi connectivity index (χ1v) is 9.70. The summed E-state index contributed by atoms with van der Waals surface area (Å²) in [5.74, 6) is -1.04. The molecule has 0 aromatic heterocycles. The van der Waals surface area contributed by atoms with E-state index in [2.05, 4.69) is 0 Å². The molecule has 0 radical (unpaired) electrons. The number of hydrogen-bond donors (Lipinski definition) is 1. The molecule has 1 N–H and O–H groups in total. The summed E-state index contributed by atoms with van der Waals surface area (Å²) in [6.45, 7) is 3.81. The van der Waals surface area contributed by atoms with Gasteiger partial charge in [-0.3, -0.25) is 4.79 Å². The molecule has 0 aliphatic heterocycles. The molecule has 0 aliphatic rings. The predicted molar refractivity (Wildman–Crippen MR) is 95.2 cm³/mol. The summed E-state index contributed by atoms with van der Waals surface area (Å²) in [6, 6.07) is 12.4. The Kier molecular flexibility index (Phi) is 5.62. The van der Waals surface area contributed by atoms with E-state index in [1.165, 1.54) is 0 Å². The minimum absolute atomic E-state index is 0.0490. The van der Waals surface area contributed by atoms with Gasteiger partial charge < -0.3 is 5.11 Å². The summed E-state index contributed by atoms with van der Waals surface area (Å²) in [4.78, 5) is 11.6. The van der Waals surface area contributed by atoms with Crippen molar-refractivity contribution in [2.45, 2.75) is 32.9 Å². The molecule has 0 bridgehead atoms. The molecule has 2 aromatic carbocycles. The van der Waals surface area contributed by atoms with Gasteiger partial charge in [0.15, 0.2) is 0 Å². The molecule has 0 heterocycles. The molecule has 0 spiro atoms. The highest BCUT2D eigenvalue weighted by Gasteiger charge is 2.32. The largest absolute Gasteiger partial charge is 0.480 e. The van der Waals surface area contributed by atoms with E-state index in [1.807, 2.05) is 56.3 Å². The van der Waals surface area contributed by atoms with Crippen LogP contribution in [0, 0.1) is 5.92 Å². The predicted octanol–water partition coefficient (Wildman–Crippen LogP) is 3.10. The number of rotatable bonds is 7. The van der Waals surface area contributed by atoms with Crippen molar-refractivity contribution in [3.63, 3.8) is 0 Å². The third kappa shape index (κ3) is 4.55. The van der Waals surface area contributed by atoms with Crippen LogP contribution < -0.4 is 0 Å². The van der Waals surface area contributed by atoms with Gasteiger partial charge in [0.25, 0.3) is 0 Å². The molecule has 0 fully saturated rings. The summed E-state index contributed by atoms with van der Waals surface area (Å²) in [7, 11) is -3.65. The number of carboxylic acids is 1. The SMILES string of the molecule is CC(C)CC(C(=O)O)N(Cc1ccc2ccccc2c1)S(C)(=O)=O. The topological polar surface area (TPSA) is 74.7 Å². The molecule has 6 heteroatoms. The smallest absolute Gasteiger partial charge is 0.322 e. The first-order valence-electron chi connectivity index (χ1n) is 7.86. The Morgan fingerprint density at radius 1 is 1.12 bits per heavy atom. The molecular formula is C18H23NO4S. The third-order valence-corrected chi connectivity index (χ3v) is 5.14. The Balaban J connectivity index is 2.38. The van der Waals surface area contributed by atoms with E-state index >= 15 is 0 Å². The van der Waals surface area contributed by atoms with Crippen molar-refractivity contribution in [2.24, 2.45) is 5.92 Å². The maximum atomic E-state index is 12.2. The molecule has 0 saturated carbocycles. The summed E-state index contributed by atoms with van der Waals surface area (Å²) in [5.41, 5.74) is 0.772. The number of fused-ring (bicyclic) bond motifs is 1. The molecule has 2 rings (SSSR count). The Morgan fingerprint density at radius 2 is 1.75 bits per heavy atom. The number of hydrogen-bond acceptors (Lipinski definition) is 3. The van der Waals surface area contributed by atoms with Gasteiger partial charge in [-0.2, -0.15) is 4.31 Å². The Morgan fingerprint density at radius 3 is 2.29 bits per heavy atom. The van der Waals surface area contributed by atoms with E-state index < -0.39 is 22.0 Å². The minimum atomic E-state index is -3.65. The van der Waals surface area contributed by atoms with E-state index in [0.29, 0.717) is 0 Å². The van der Waals surface area contributed by atoms with Crippen LogP contribution in [0.25, 0.3) is 10.8 Å². The van der Waals surface area contributed by atoms with Crippen LogP contribution in [0.2, 0.25) is 0 Å². The lowest BCUT2D eigenvalue weighted by molar-refractivity contribution is -0.142. The molecule has 5 nitrogen and oxygen atoms in total. The summed E-state index contributed by atoms with van der Waals surface area (Å²) < 4.78 is 25.5. The lowest BCUT2D eigenvalue weighted by atomic mass is 10.0. The molecule has 0 amide bonds. The van der Waals surface area contributed by atoms with E-state index in [9.17, 15) is 18.3 Å². The normalized spacial score (nSPS) is 13.5. The van der Waals surface area contributed by atoms with Gasteiger partial charge in [-0.15, -0.1) is 0 Å². The van der Waals surface area contributed by atoms with Gasteiger partial charge in [0.1, 0.15) is 6.04 Å². The van der Waals surface area contributed by atoms with Crippen LogP contribution in [0.3, 0.4) is 0 Å². The molecule has 0 aliphatic carbocycles. The van der Waals surface area contributed by atoms with Gasteiger partial charge >= 0.3 is 5.97 Å². The van der Waals surface area contributed by atoms with Crippen molar-refractivity contribution in [3.05, 3.63) is 48.0 Å². The number of aliphatic carboxylic acids is 1. The lowest BCUT2D eigenvalue weighted by Crippen LogP contribution is -2.44. The van der Waals surface area contributed by atoms with E-state index in [-0.39, 0.29) is 18.9 Å². The Hall–Kier alpha value is -1.92. The molecule has 24 heavy (non-hydrogen) atoms. The first-order chi connectivity index (χ1) is 11.2. The van der Waals surface area contributed by atoms with Crippen LogP contribution in [0.5, 0.6) is 0 Å². The quantitative estimate of drug-likeness (QED) is 0.833. The number of carboxylic acid groups (broad SMARTS) is 1. The van der Waals surface area contributed by atoms with Crippen molar-refractivity contribution in [1.29, 1.82) is 0 Å². The van der Waals surface area contributed by atoms with Gasteiger partial charge in [-0.1, -0.05) is 50.2 Å². The number of nitrogens with zero attached hydrogens (tertiary/aromatic N) is 1. The zero-order valence-corrected chi connectivity index (χ0v) is 15.0. The molecule has 2 aromatic rings. The fourth-order valence-corrected chi connectivity index (χ4v) is 3.79. The van der Waals surface area contributed by atoms with Gasteiger partial charge in [0.2, 0.25) is 10.0 Å². The van der Waals surface area contributed by atoms with Gasteiger partial charge in [0.05, 0.1) is 6.26 Å². The van der Waals surface area contributed by atoms with Crippen molar-refractivity contribution >= 4 is 26.8 Å². The second-order valence-electron chi connectivity index (χ2n) is 6.47. The molecule has 1 unspecified atom stereocenters. The van der Waals surface area contributed by atoms with Crippen LogP contribution in [0.1, 0.15) is 25.8 Å². The minimum Gasteiger partial charge on any atom is -0.480 e. The average Bonchev–Trinajstić information content (AvgIpc) is 2.49. The number of benzene rings is 2. The molecule has 130 valence electrons. The van der Waals surface area contributed by atoms with E-state index in [1.54, 1.807) is 0 Å². The lowest BCUT2D eigenvalue weighted by Gasteiger charge is -2.28. The maximum absolute atomic E-state index is 12.2. The van der Waals surface area contributed by atoms with Crippen molar-refractivity contribution in [3.8, 4) is 0 Å². The third-order valence-electron chi connectivity index (χ3n) is 3.91. The van der Waals surface area contributed by atoms with Gasteiger partial charge in [-0.25, -0.2) is 8.42 Å². The monoisotopic (exact) mass is 349 g/mol. The number of carbonyl (C=O) groups is 1. The van der Waals surface area contributed by atoms with Crippen LogP contribution in [-0.2, 0) is 21.4 Å². The highest BCUT2D eigenvalue weighted by atomic mass is 32.2. The standard InChI is InChI=1S/C18H23NO4S/c1-13(2)10-17(18(20)21)19(24(3,22)23)12-14-8-9-15-6-4-5-7-16(15)11-14/h4-9,11,13,17H,10,12H2,1-3H3,(H,20,21). The van der Waals surface area contributed by atoms with Gasteiger partial charge in [-0.05, 0) is 34.7 Å². The van der Waals surface area contributed by atoms with Crippen molar-refractivity contribution in [2.75, 3.05) is 6.26 Å².